The van der Waals surface area contributed by atoms with Crippen LogP contribution in [0.4, 0.5) is 0 Å². The van der Waals surface area contributed by atoms with Gasteiger partial charge in [-0.2, -0.15) is 0 Å². The molecule has 0 saturated heterocycles. The first-order valence-electron chi connectivity index (χ1n) is 4.82. The van der Waals surface area contributed by atoms with E-state index in [0.717, 1.165) is 23.7 Å². The van der Waals surface area contributed by atoms with Gasteiger partial charge in [-0.15, -0.1) is 0 Å². The molecule has 0 aromatic heterocycles. The Morgan fingerprint density at radius 2 is 2.07 bits per heavy atom. The lowest BCUT2D eigenvalue weighted by molar-refractivity contribution is 0.112. The van der Waals surface area contributed by atoms with Crippen LogP contribution in [0.5, 0.6) is 0 Å². The Kier molecular flexibility index (Phi) is 2.32. The molecule has 0 atom stereocenters. The molecule has 0 bridgehead atoms. The second-order valence-electron chi connectivity index (χ2n) is 3.37. The molecule has 0 saturated carbocycles. The van der Waals surface area contributed by atoms with E-state index in [1.807, 2.05) is 30.3 Å². The van der Waals surface area contributed by atoms with E-state index in [0.29, 0.717) is 0 Å². The second kappa shape index (κ2) is 3.62. The van der Waals surface area contributed by atoms with Crippen LogP contribution in [-0.2, 0) is 6.42 Å². The van der Waals surface area contributed by atoms with Crippen LogP contribution in [0.25, 0.3) is 10.8 Å². The predicted molar refractivity (Wildman–Crippen MR) is 58.7 cm³/mol. The third-order valence-corrected chi connectivity index (χ3v) is 2.51. The van der Waals surface area contributed by atoms with Crippen LogP contribution < -0.4 is 0 Å². The summed E-state index contributed by atoms with van der Waals surface area (Å²) in [7, 11) is 0. The third-order valence-electron chi connectivity index (χ3n) is 2.51. The van der Waals surface area contributed by atoms with Crippen molar-refractivity contribution in [3.8, 4) is 0 Å². The maximum atomic E-state index is 10.6. The number of aldehydes is 1. The smallest absolute Gasteiger partial charge is 0.150 e. The summed E-state index contributed by atoms with van der Waals surface area (Å²) in [5, 5.41) is 2.40. The maximum absolute atomic E-state index is 10.6. The summed E-state index contributed by atoms with van der Waals surface area (Å²) in [5.74, 6) is 0. The van der Waals surface area contributed by atoms with Crippen molar-refractivity contribution in [2.24, 2.45) is 0 Å². The average Bonchev–Trinajstić information content (AvgIpc) is 2.27. The van der Waals surface area contributed by atoms with Crippen LogP contribution in [-0.4, -0.2) is 6.29 Å². The highest BCUT2D eigenvalue weighted by atomic mass is 16.1. The lowest BCUT2D eigenvalue weighted by Crippen LogP contribution is -1.85. The summed E-state index contributed by atoms with van der Waals surface area (Å²) in [6.45, 7) is 2.14. The molecule has 70 valence electrons. The molecule has 0 aliphatic rings. The molecule has 0 fully saturated rings. The van der Waals surface area contributed by atoms with Crippen molar-refractivity contribution in [2.75, 3.05) is 0 Å². The summed E-state index contributed by atoms with van der Waals surface area (Å²) >= 11 is 0. The minimum atomic E-state index is 0.741. The number of benzene rings is 2. The van der Waals surface area contributed by atoms with E-state index in [1.54, 1.807) is 0 Å². The fourth-order valence-corrected chi connectivity index (χ4v) is 1.75. The van der Waals surface area contributed by atoms with E-state index < -0.39 is 0 Å². The predicted octanol–water partition coefficient (Wildman–Crippen LogP) is 3.21. The second-order valence-corrected chi connectivity index (χ2v) is 3.37. The zero-order valence-electron chi connectivity index (χ0n) is 8.16. The van der Waals surface area contributed by atoms with Crippen molar-refractivity contribution in [2.45, 2.75) is 13.3 Å². The molecule has 1 nitrogen and oxygen atoms in total. The van der Waals surface area contributed by atoms with Gasteiger partial charge in [0.15, 0.2) is 0 Å². The van der Waals surface area contributed by atoms with Crippen molar-refractivity contribution in [3.63, 3.8) is 0 Å². The average molecular weight is 184 g/mol. The number of rotatable bonds is 2. The first-order chi connectivity index (χ1) is 6.85. The number of hydrogen-bond acceptors (Lipinski definition) is 1. The van der Waals surface area contributed by atoms with E-state index in [4.69, 9.17) is 0 Å². The third kappa shape index (κ3) is 1.41. The highest BCUT2D eigenvalue weighted by Crippen LogP contribution is 2.20. The van der Waals surface area contributed by atoms with Crippen molar-refractivity contribution in [1.29, 1.82) is 0 Å². The molecule has 0 amide bonds. The maximum Gasteiger partial charge on any atom is 0.150 e. The Bertz CT molecular complexity index is 472. The molecule has 0 radical (unpaired) electrons. The van der Waals surface area contributed by atoms with Gasteiger partial charge in [-0.3, -0.25) is 4.79 Å². The van der Waals surface area contributed by atoms with Crippen LogP contribution in [0.15, 0.2) is 36.4 Å². The first-order valence-corrected chi connectivity index (χ1v) is 4.82. The topological polar surface area (TPSA) is 17.1 Å². The zero-order valence-corrected chi connectivity index (χ0v) is 8.16. The lowest BCUT2D eigenvalue weighted by atomic mass is 10.0. The Morgan fingerprint density at radius 1 is 1.21 bits per heavy atom. The number of carbonyl (C=O) groups excluding carboxylic acids is 1. The molecular formula is C13H12O. The van der Waals surface area contributed by atoms with Gasteiger partial charge in [-0.1, -0.05) is 37.3 Å². The van der Waals surface area contributed by atoms with E-state index in [-0.39, 0.29) is 0 Å². The number of fused-ring (bicyclic) bond motifs is 1. The van der Waals surface area contributed by atoms with Gasteiger partial charge in [0.05, 0.1) is 0 Å². The number of carbonyl (C=O) groups is 1. The SMILES string of the molecule is CCc1cccc2cc(C=O)ccc12. The van der Waals surface area contributed by atoms with Crippen LogP contribution in [0.3, 0.4) is 0 Å². The van der Waals surface area contributed by atoms with Crippen LogP contribution in [0.2, 0.25) is 0 Å². The molecule has 0 N–H and O–H groups in total. The summed E-state index contributed by atoms with van der Waals surface area (Å²) < 4.78 is 0. The minimum Gasteiger partial charge on any atom is -0.298 e. The lowest BCUT2D eigenvalue weighted by Gasteiger charge is -2.03. The molecule has 14 heavy (non-hydrogen) atoms. The minimum absolute atomic E-state index is 0.741. The molecule has 0 aliphatic heterocycles. The van der Waals surface area contributed by atoms with Gasteiger partial charge < -0.3 is 0 Å². The van der Waals surface area contributed by atoms with Gasteiger partial charge in [0.2, 0.25) is 0 Å². The molecule has 0 aliphatic carbocycles. The molecule has 0 spiro atoms. The highest BCUT2D eigenvalue weighted by molar-refractivity contribution is 5.90. The molecule has 2 aromatic carbocycles. The quantitative estimate of drug-likeness (QED) is 0.655. The van der Waals surface area contributed by atoms with Crippen molar-refractivity contribution >= 4 is 17.1 Å². The van der Waals surface area contributed by atoms with Gasteiger partial charge in [-0.25, -0.2) is 0 Å². The Hall–Kier alpha value is -1.63. The van der Waals surface area contributed by atoms with Gasteiger partial charge in [0.1, 0.15) is 6.29 Å². The van der Waals surface area contributed by atoms with E-state index in [1.165, 1.54) is 10.9 Å². The highest BCUT2D eigenvalue weighted by Gasteiger charge is 1.99. The number of aryl methyl sites for hydroxylation is 1. The summed E-state index contributed by atoms with van der Waals surface area (Å²) in [5.41, 5.74) is 2.07. The first kappa shape index (κ1) is 8.95. The molecule has 0 heterocycles. The van der Waals surface area contributed by atoms with Crippen LogP contribution in [0.1, 0.15) is 22.8 Å². The molecule has 2 aromatic rings. The summed E-state index contributed by atoms with van der Waals surface area (Å²) in [6.07, 6.45) is 1.91. The Labute approximate surface area is 83.4 Å². The standard InChI is InChI=1S/C13H12O/c1-2-11-4-3-5-12-8-10(9-14)6-7-13(11)12/h3-9H,2H2,1H3. The largest absolute Gasteiger partial charge is 0.298 e. The number of hydrogen-bond donors (Lipinski definition) is 0. The van der Waals surface area contributed by atoms with E-state index in [9.17, 15) is 4.79 Å². The fourth-order valence-electron chi connectivity index (χ4n) is 1.75. The summed E-state index contributed by atoms with van der Waals surface area (Å²) in [4.78, 5) is 10.6. The Morgan fingerprint density at radius 3 is 2.79 bits per heavy atom. The monoisotopic (exact) mass is 184 g/mol. The molecule has 2 rings (SSSR count). The normalized spacial score (nSPS) is 10.4. The van der Waals surface area contributed by atoms with Crippen molar-refractivity contribution < 1.29 is 4.79 Å². The van der Waals surface area contributed by atoms with Gasteiger partial charge in [0, 0.05) is 5.56 Å². The molecule has 1 heteroatoms. The molecular weight excluding hydrogens is 172 g/mol. The fraction of sp³-hybridized carbons (Fsp3) is 0.154. The zero-order chi connectivity index (χ0) is 9.97. The van der Waals surface area contributed by atoms with Crippen LogP contribution >= 0.6 is 0 Å². The Balaban J connectivity index is 2.73. The van der Waals surface area contributed by atoms with Crippen LogP contribution in [0, 0.1) is 0 Å². The van der Waals surface area contributed by atoms with Crippen molar-refractivity contribution in [1.82, 2.24) is 0 Å². The van der Waals surface area contributed by atoms with E-state index in [2.05, 4.69) is 13.0 Å². The van der Waals surface area contributed by atoms with Gasteiger partial charge in [0.25, 0.3) is 0 Å². The van der Waals surface area contributed by atoms with E-state index >= 15 is 0 Å². The summed E-state index contributed by atoms with van der Waals surface area (Å²) in [6, 6.07) is 12.0. The molecule has 0 unspecified atom stereocenters. The van der Waals surface area contributed by atoms with Gasteiger partial charge in [-0.05, 0) is 28.8 Å². The van der Waals surface area contributed by atoms with Gasteiger partial charge >= 0.3 is 0 Å². The van der Waals surface area contributed by atoms with Crippen molar-refractivity contribution in [3.05, 3.63) is 47.5 Å².